The van der Waals surface area contributed by atoms with E-state index in [0.29, 0.717) is 6.42 Å². The Morgan fingerprint density at radius 1 is 1.25 bits per heavy atom. The molecule has 3 nitrogen and oxygen atoms in total. The molecule has 2 aromatic rings. The van der Waals surface area contributed by atoms with Gasteiger partial charge < -0.3 is 10.1 Å². The van der Waals surface area contributed by atoms with E-state index >= 15 is 0 Å². The molecule has 0 saturated heterocycles. The normalized spacial score (nSPS) is 16.1. The van der Waals surface area contributed by atoms with Crippen LogP contribution in [0.3, 0.4) is 0 Å². The minimum Gasteiger partial charge on any atom is -0.432 e. The van der Waals surface area contributed by atoms with E-state index in [1.54, 1.807) is 0 Å². The number of carbonyl (C=O) groups is 1. The molecule has 126 valence electrons. The van der Waals surface area contributed by atoms with Gasteiger partial charge >= 0.3 is 6.61 Å². The Labute approximate surface area is 137 Å². The number of fused-ring (bicyclic) bond motifs is 1. The number of ether oxygens (including phenoxy) is 1. The summed E-state index contributed by atoms with van der Waals surface area (Å²) in [5.74, 6) is -1.59. The van der Waals surface area contributed by atoms with Crippen LogP contribution in [0.1, 0.15) is 29.9 Å². The van der Waals surface area contributed by atoms with E-state index < -0.39 is 18.2 Å². The minimum absolute atomic E-state index is 0.146. The molecule has 0 aromatic heterocycles. The van der Waals surface area contributed by atoms with Gasteiger partial charge in [-0.1, -0.05) is 24.3 Å². The fraction of sp³-hybridized carbons (Fsp3) is 0.278. The molecule has 0 aliphatic heterocycles. The first kappa shape index (κ1) is 16.4. The van der Waals surface area contributed by atoms with E-state index in [0.717, 1.165) is 25.0 Å². The van der Waals surface area contributed by atoms with Gasteiger partial charge in [-0.05, 0) is 42.0 Å². The highest BCUT2D eigenvalue weighted by Crippen LogP contribution is 2.35. The first-order valence-electron chi connectivity index (χ1n) is 7.65. The Hall–Kier alpha value is -2.50. The van der Waals surface area contributed by atoms with E-state index in [1.165, 1.54) is 17.2 Å². The summed E-state index contributed by atoms with van der Waals surface area (Å²) in [5, 5.41) is 2.60. The molecule has 1 N–H and O–H groups in total. The second kappa shape index (κ2) is 6.95. The Bertz CT molecular complexity index is 749. The summed E-state index contributed by atoms with van der Waals surface area (Å²) in [4.78, 5) is 12.2. The fourth-order valence-electron chi connectivity index (χ4n) is 3.06. The van der Waals surface area contributed by atoms with Gasteiger partial charge in [-0.15, -0.1) is 0 Å². The van der Waals surface area contributed by atoms with Gasteiger partial charge in [0.15, 0.2) is 11.6 Å². The van der Waals surface area contributed by atoms with Crippen LogP contribution in [0.5, 0.6) is 5.75 Å². The number of aryl methyl sites for hydroxylation is 1. The molecule has 0 bridgehead atoms. The molecule has 0 fully saturated rings. The van der Waals surface area contributed by atoms with Crippen LogP contribution in [0.4, 0.5) is 18.9 Å². The molecule has 24 heavy (non-hydrogen) atoms. The zero-order chi connectivity index (χ0) is 17.1. The highest BCUT2D eigenvalue weighted by atomic mass is 19.3. The maximum Gasteiger partial charge on any atom is 0.387 e. The number of rotatable bonds is 5. The average Bonchev–Trinajstić information content (AvgIpc) is 2.93. The number of hydrogen-bond donors (Lipinski definition) is 1. The van der Waals surface area contributed by atoms with Crippen molar-refractivity contribution in [2.24, 2.45) is 0 Å². The van der Waals surface area contributed by atoms with Crippen LogP contribution in [0, 0.1) is 5.82 Å². The van der Waals surface area contributed by atoms with Crippen molar-refractivity contribution >= 4 is 11.6 Å². The second-order valence-electron chi connectivity index (χ2n) is 5.71. The quantitative estimate of drug-likeness (QED) is 0.874. The number of amides is 1. The van der Waals surface area contributed by atoms with Crippen molar-refractivity contribution < 1.29 is 22.7 Å². The predicted octanol–water partition coefficient (Wildman–Crippen LogP) is 4.49. The highest BCUT2D eigenvalue weighted by Gasteiger charge is 2.24. The molecule has 3 rings (SSSR count). The van der Waals surface area contributed by atoms with Gasteiger partial charge in [-0.25, -0.2) is 4.39 Å². The molecule has 0 spiro atoms. The summed E-state index contributed by atoms with van der Waals surface area (Å²) in [5.41, 5.74) is 2.65. The van der Waals surface area contributed by atoms with Crippen LogP contribution >= 0.6 is 0 Å². The summed E-state index contributed by atoms with van der Waals surface area (Å²) in [7, 11) is 0. The second-order valence-corrected chi connectivity index (χ2v) is 5.71. The van der Waals surface area contributed by atoms with Gasteiger partial charge in [0.05, 0.1) is 0 Å². The maximum absolute atomic E-state index is 13.7. The summed E-state index contributed by atoms with van der Waals surface area (Å²) in [6.45, 7) is -3.10. The first-order chi connectivity index (χ1) is 11.5. The third-order valence-corrected chi connectivity index (χ3v) is 4.12. The maximum atomic E-state index is 13.7. The molecule has 0 radical (unpaired) electrons. The molecule has 1 unspecified atom stereocenters. The van der Waals surface area contributed by atoms with Gasteiger partial charge in [0.2, 0.25) is 5.91 Å². The van der Waals surface area contributed by atoms with Crippen molar-refractivity contribution in [3.63, 3.8) is 0 Å². The molecule has 0 saturated carbocycles. The van der Waals surface area contributed by atoms with Crippen molar-refractivity contribution in [3.05, 3.63) is 59.4 Å². The monoisotopic (exact) mass is 335 g/mol. The van der Waals surface area contributed by atoms with Gasteiger partial charge in [0, 0.05) is 18.2 Å². The topological polar surface area (TPSA) is 38.3 Å². The van der Waals surface area contributed by atoms with Crippen molar-refractivity contribution in [1.29, 1.82) is 0 Å². The lowest BCUT2D eigenvalue weighted by atomic mass is 9.97. The molecule has 1 aliphatic rings. The lowest BCUT2D eigenvalue weighted by molar-refractivity contribution is -0.116. The van der Waals surface area contributed by atoms with E-state index in [4.69, 9.17) is 0 Å². The zero-order valence-corrected chi connectivity index (χ0v) is 12.8. The molecule has 0 heterocycles. The molecular formula is C18H16F3NO2. The lowest BCUT2D eigenvalue weighted by Crippen LogP contribution is -2.15. The van der Waals surface area contributed by atoms with Crippen molar-refractivity contribution in [3.8, 4) is 5.75 Å². The summed E-state index contributed by atoms with van der Waals surface area (Å²) >= 11 is 0. The number of benzene rings is 2. The summed E-state index contributed by atoms with van der Waals surface area (Å²) in [6.07, 6.45) is 2.15. The van der Waals surface area contributed by atoms with Gasteiger partial charge in [0.25, 0.3) is 0 Å². The molecule has 2 aromatic carbocycles. The lowest BCUT2D eigenvalue weighted by Gasteiger charge is -2.12. The Kier molecular flexibility index (Phi) is 4.74. The van der Waals surface area contributed by atoms with Crippen molar-refractivity contribution in [2.75, 3.05) is 5.32 Å². The largest absolute Gasteiger partial charge is 0.432 e. The van der Waals surface area contributed by atoms with Gasteiger partial charge in [0.1, 0.15) is 0 Å². The third-order valence-electron chi connectivity index (χ3n) is 4.12. The van der Waals surface area contributed by atoms with Crippen LogP contribution in [-0.4, -0.2) is 12.5 Å². The predicted molar refractivity (Wildman–Crippen MR) is 83.8 cm³/mol. The minimum atomic E-state index is -3.10. The van der Waals surface area contributed by atoms with Crippen LogP contribution in [0.25, 0.3) is 0 Å². The molecule has 6 heteroatoms. The fourth-order valence-corrected chi connectivity index (χ4v) is 3.06. The third kappa shape index (κ3) is 3.69. The number of alkyl halides is 2. The molecule has 1 atom stereocenters. The molecular weight excluding hydrogens is 319 g/mol. The van der Waals surface area contributed by atoms with Crippen molar-refractivity contribution in [1.82, 2.24) is 0 Å². The number of carbonyl (C=O) groups excluding carboxylic acids is 1. The highest BCUT2D eigenvalue weighted by molar-refractivity contribution is 5.91. The smallest absolute Gasteiger partial charge is 0.387 e. The van der Waals surface area contributed by atoms with Crippen LogP contribution < -0.4 is 10.1 Å². The number of anilines is 1. The van der Waals surface area contributed by atoms with Gasteiger partial charge in [-0.3, -0.25) is 4.79 Å². The van der Waals surface area contributed by atoms with E-state index in [9.17, 15) is 18.0 Å². The number of halogens is 3. The number of nitrogens with one attached hydrogen (secondary N) is 1. The zero-order valence-electron chi connectivity index (χ0n) is 12.8. The van der Waals surface area contributed by atoms with E-state index in [1.807, 2.05) is 18.2 Å². The van der Waals surface area contributed by atoms with E-state index in [-0.39, 0.29) is 17.5 Å². The van der Waals surface area contributed by atoms with Crippen molar-refractivity contribution in [2.45, 2.75) is 31.8 Å². The molecule has 1 aliphatic carbocycles. The molecule has 1 amide bonds. The average molecular weight is 335 g/mol. The Morgan fingerprint density at radius 2 is 2.04 bits per heavy atom. The first-order valence-corrected chi connectivity index (χ1v) is 7.65. The van der Waals surface area contributed by atoms with Crippen LogP contribution in [-0.2, 0) is 11.2 Å². The van der Waals surface area contributed by atoms with Gasteiger partial charge in [-0.2, -0.15) is 8.78 Å². The summed E-state index contributed by atoms with van der Waals surface area (Å²) < 4.78 is 41.9. The number of hydrogen-bond acceptors (Lipinski definition) is 2. The van der Waals surface area contributed by atoms with Crippen LogP contribution in [0.2, 0.25) is 0 Å². The Balaban J connectivity index is 1.62. The summed E-state index contributed by atoms with van der Waals surface area (Å²) in [6, 6.07) is 11.4. The standard InChI is InChI=1S/C18H16F3NO2/c19-15-10-13(7-8-16(15)24-18(20)21)22-17(23)9-12-6-5-11-3-1-2-4-14(11)12/h1-4,7-8,10,12,18H,5-6,9H2,(H,22,23). The SMILES string of the molecule is O=C(CC1CCc2ccccc21)Nc1ccc(OC(F)F)c(F)c1. The van der Waals surface area contributed by atoms with Crippen LogP contribution in [0.15, 0.2) is 42.5 Å². The Morgan fingerprint density at radius 3 is 2.79 bits per heavy atom. The van der Waals surface area contributed by atoms with E-state index in [2.05, 4.69) is 16.1 Å².